The van der Waals surface area contributed by atoms with Crippen molar-refractivity contribution < 1.29 is 9.72 Å². The molecule has 1 aliphatic rings. The van der Waals surface area contributed by atoms with E-state index in [1.54, 1.807) is 25.1 Å². The normalized spacial score (nSPS) is 19.9. The number of carbonyl (C=O) groups is 1. The van der Waals surface area contributed by atoms with Gasteiger partial charge in [0, 0.05) is 54.4 Å². The van der Waals surface area contributed by atoms with Gasteiger partial charge in [0.15, 0.2) is 0 Å². The third-order valence-electron chi connectivity index (χ3n) is 5.55. The highest BCUT2D eigenvalue weighted by molar-refractivity contribution is 6.30. The van der Waals surface area contributed by atoms with Crippen molar-refractivity contribution in [2.45, 2.75) is 39.4 Å². The molecule has 0 saturated carbocycles. The third kappa shape index (κ3) is 5.26. The van der Waals surface area contributed by atoms with E-state index in [1.807, 2.05) is 36.1 Å². The number of nitrogens with zero attached hydrogens (tertiary/aromatic N) is 3. The zero-order valence-electron chi connectivity index (χ0n) is 17.4. The molecule has 2 aromatic carbocycles. The van der Waals surface area contributed by atoms with Crippen LogP contribution in [0.25, 0.3) is 6.08 Å². The minimum absolute atomic E-state index is 0.0578. The summed E-state index contributed by atoms with van der Waals surface area (Å²) in [6, 6.07) is 13.1. The molecule has 7 heteroatoms. The fraction of sp³-hybridized carbons (Fsp3) is 0.348. The van der Waals surface area contributed by atoms with Gasteiger partial charge in [-0.25, -0.2) is 0 Å². The quantitative estimate of drug-likeness (QED) is 0.394. The molecule has 1 amide bonds. The van der Waals surface area contributed by atoms with Crippen LogP contribution < -0.4 is 0 Å². The summed E-state index contributed by atoms with van der Waals surface area (Å²) in [6.45, 7) is 8.08. The van der Waals surface area contributed by atoms with Crippen molar-refractivity contribution in [1.29, 1.82) is 0 Å². The number of piperazine rings is 1. The Morgan fingerprint density at radius 3 is 2.53 bits per heavy atom. The molecule has 2 aromatic rings. The van der Waals surface area contributed by atoms with Gasteiger partial charge in [0.2, 0.25) is 5.91 Å². The van der Waals surface area contributed by atoms with Crippen molar-refractivity contribution in [1.82, 2.24) is 9.80 Å². The topological polar surface area (TPSA) is 66.7 Å². The molecule has 0 N–H and O–H groups in total. The summed E-state index contributed by atoms with van der Waals surface area (Å²) in [7, 11) is 0. The van der Waals surface area contributed by atoms with E-state index in [1.165, 1.54) is 17.7 Å². The predicted octanol–water partition coefficient (Wildman–Crippen LogP) is 4.69. The molecule has 1 heterocycles. The molecule has 2 atom stereocenters. The number of amides is 1. The SMILES string of the molecule is Cc1ccc(C=CC(=O)N2C[C@H](C)N(Cc3ccc(Cl)cc3)C[C@H]2C)cc1[N+](=O)[O-]. The van der Waals surface area contributed by atoms with Crippen LogP contribution in [-0.2, 0) is 11.3 Å². The second-order valence-electron chi connectivity index (χ2n) is 7.88. The number of nitro groups is 1. The molecule has 6 nitrogen and oxygen atoms in total. The Kier molecular flexibility index (Phi) is 6.90. The lowest BCUT2D eigenvalue weighted by Crippen LogP contribution is -2.57. The lowest BCUT2D eigenvalue weighted by atomic mass is 10.1. The molecule has 30 heavy (non-hydrogen) atoms. The molecule has 1 saturated heterocycles. The molecule has 0 bridgehead atoms. The zero-order valence-corrected chi connectivity index (χ0v) is 18.2. The van der Waals surface area contributed by atoms with Gasteiger partial charge < -0.3 is 4.90 Å². The van der Waals surface area contributed by atoms with Crippen LogP contribution in [0.15, 0.2) is 48.5 Å². The third-order valence-corrected chi connectivity index (χ3v) is 5.80. The molecule has 158 valence electrons. The largest absolute Gasteiger partial charge is 0.334 e. The van der Waals surface area contributed by atoms with Crippen molar-refractivity contribution in [3.63, 3.8) is 0 Å². The number of halogens is 1. The fourth-order valence-electron chi connectivity index (χ4n) is 3.74. The van der Waals surface area contributed by atoms with Gasteiger partial charge in [0.1, 0.15) is 0 Å². The molecule has 3 rings (SSSR count). The zero-order chi connectivity index (χ0) is 21.8. The summed E-state index contributed by atoms with van der Waals surface area (Å²) in [5.41, 5.74) is 2.49. The monoisotopic (exact) mass is 427 g/mol. The van der Waals surface area contributed by atoms with Crippen LogP contribution in [-0.4, -0.2) is 45.8 Å². The van der Waals surface area contributed by atoms with Gasteiger partial charge in [-0.15, -0.1) is 0 Å². The highest BCUT2D eigenvalue weighted by Gasteiger charge is 2.31. The summed E-state index contributed by atoms with van der Waals surface area (Å²) in [5.74, 6) is -0.0799. The lowest BCUT2D eigenvalue weighted by molar-refractivity contribution is -0.385. The summed E-state index contributed by atoms with van der Waals surface area (Å²) < 4.78 is 0. The number of aryl methyl sites for hydroxylation is 1. The van der Waals surface area contributed by atoms with E-state index in [9.17, 15) is 14.9 Å². The van der Waals surface area contributed by atoms with Crippen LogP contribution in [0.5, 0.6) is 0 Å². The first kappa shape index (κ1) is 22.0. The number of nitro benzene ring substituents is 1. The van der Waals surface area contributed by atoms with E-state index in [0.717, 1.165) is 18.1 Å². The summed E-state index contributed by atoms with van der Waals surface area (Å²) >= 11 is 5.97. The number of hydrogen-bond donors (Lipinski definition) is 0. The molecule has 1 aliphatic heterocycles. The minimum Gasteiger partial charge on any atom is -0.334 e. The summed E-state index contributed by atoms with van der Waals surface area (Å²) in [4.78, 5) is 27.7. The fourth-order valence-corrected chi connectivity index (χ4v) is 3.87. The van der Waals surface area contributed by atoms with Crippen LogP contribution in [0.4, 0.5) is 5.69 Å². The van der Waals surface area contributed by atoms with E-state index in [0.29, 0.717) is 17.7 Å². The maximum absolute atomic E-state index is 12.8. The summed E-state index contributed by atoms with van der Waals surface area (Å²) in [6.07, 6.45) is 3.15. The van der Waals surface area contributed by atoms with Crippen molar-refractivity contribution in [3.8, 4) is 0 Å². The van der Waals surface area contributed by atoms with E-state index in [2.05, 4.69) is 11.8 Å². The first-order chi connectivity index (χ1) is 14.2. The molecule has 0 unspecified atom stereocenters. The van der Waals surface area contributed by atoms with Crippen LogP contribution in [0, 0.1) is 17.0 Å². The second kappa shape index (κ2) is 9.41. The molecule has 0 radical (unpaired) electrons. The Balaban J connectivity index is 1.65. The maximum atomic E-state index is 12.8. The van der Waals surface area contributed by atoms with Gasteiger partial charge in [-0.3, -0.25) is 19.8 Å². The molecular formula is C23H26ClN3O3. The molecule has 0 spiro atoms. The van der Waals surface area contributed by atoms with Gasteiger partial charge in [-0.05, 0) is 50.1 Å². The Morgan fingerprint density at radius 2 is 1.87 bits per heavy atom. The Bertz CT molecular complexity index is 959. The highest BCUT2D eigenvalue weighted by Crippen LogP contribution is 2.22. The minimum atomic E-state index is -0.405. The highest BCUT2D eigenvalue weighted by atomic mass is 35.5. The smallest absolute Gasteiger partial charge is 0.272 e. The molecular weight excluding hydrogens is 402 g/mol. The second-order valence-corrected chi connectivity index (χ2v) is 8.32. The van der Waals surface area contributed by atoms with Gasteiger partial charge in [-0.1, -0.05) is 35.9 Å². The number of benzene rings is 2. The average Bonchev–Trinajstić information content (AvgIpc) is 2.71. The number of rotatable bonds is 5. The van der Waals surface area contributed by atoms with Gasteiger partial charge in [0.25, 0.3) is 5.69 Å². The van der Waals surface area contributed by atoms with Crippen molar-refractivity contribution >= 4 is 29.3 Å². The Hall–Kier alpha value is -2.70. The van der Waals surface area contributed by atoms with E-state index in [-0.39, 0.29) is 23.7 Å². The van der Waals surface area contributed by atoms with E-state index >= 15 is 0 Å². The maximum Gasteiger partial charge on any atom is 0.272 e. The van der Waals surface area contributed by atoms with E-state index < -0.39 is 4.92 Å². The van der Waals surface area contributed by atoms with Crippen molar-refractivity contribution in [2.75, 3.05) is 13.1 Å². The van der Waals surface area contributed by atoms with Gasteiger partial charge in [0.05, 0.1) is 4.92 Å². The lowest BCUT2D eigenvalue weighted by Gasteiger charge is -2.44. The van der Waals surface area contributed by atoms with Crippen molar-refractivity contribution in [3.05, 3.63) is 80.4 Å². The van der Waals surface area contributed by atoms with Crippen LogP contribution >= 0.6 is 11.6 Å². The molecule has 1 fully saturated rings. The Labute approximate surface area is 181 Å². The molecule has 0 aliphatic carbocycles. The van der Waals surface area contributed by atoms with Crippen LogP contribution in [0.3, 0.4) is 0 Å². The summed E-state index contributed by atoms with van der Waals surface area (Å²) in [5, 5.41) is 11.8. The Morgan fingerprint density at radius 1 is 1.17 bits per heavy atom. The predicted molar refractivity (Wildman–Crippen MR) is 119 cm³/mol. The van der Waals surface area contributed by atoms with Crippen molar-refractivity contribution in [2.24, 2.45) is 0 Å². The van der Waals surface area contributed by atoms with E-state index in [4.69, 9.17) is 11.6 Å². The first-order valence-electron chi connectivity index (χ1n) is 9.97. The van der Waals surface area contributed by atoms with Crippen LogP contribution in [0.1, 0.15) is 30.5 Å². The standard InChI is InChI=1S/C23H26ClN3O3/c1-16-4-5-19(12-22(16)27(29)30)8-11-23(28)26-14-17(2)25(13-18(26)3)15-20-6-9-21(24)10-7-20/h4-12,17-18H,13-15H2,1-3H3/t17-,18+/m0/s1. The van der Waals surface area contributed by atoms with Crippen LogP contribution in [0.2, 0.25) is 5.02 Å². The van der Waals surface area contributed by atoms with Gasteiger partial charge in [-0.2, -0.15) is 0 Å². The van der Waals surface area contributed by atoms with Gasteiger partial charge >= 0.3 is 0 Å². The number of hydrogen-bond acceptors (Lipinski definition) is 4. The molecule has 0 aromatic heterocycles. The average molecular weight is 428 g/mol. The number of carbonyl (C=O) groups excluding carboxylic acids is 1. The first-order valence-corrected chi connectivity index (χ1v) is 10.3.